The number of halogens is 2. The van der Waals surface area contributed by atoms with Crippen molar-refractivity contribution in [3.05, 3.63) is 58.6 Å². The molecule has 2 aromatic rings. The van der Waals surface area contributed by atoms with E-state index in [2.05, 4.69) is 35.4 Å². The van der Waals surface area contributed by atoms with E-state index in [-0.39, 0.29) is 48.5 Å². The van der Waals surface area contributed by atoms with Gasteiger partial charge in [0.15, 0.2) is 0 Å². The van der Waals surface area contributed by atoms with E-state index in [0.717, 1.165) is 30.6 Å². The summed E-state index contributed by atoms with van der Waals surface area (Å²) in [4.78, 5) is 32.4. The van der Waals surface area contributed by atoms with Crippen LogP contribution in [0.25, 0.3) is 0 Å². The first-order valence-electron chi connectivity index (χ1n) is 16.5. The van der Waals surface area contributed by atoms with Crippen LogP contribution in [0.1, 0.15) is 90.7 Å². The maximum atomic E-state index is 15.3. The SMILES string of the molecule is CCCSN1CCN(C(=O)OC(C)(C)C)CC1CCc1c(F)cncc1NC(=O)CC(c1ccc(Cl)cc1)C1CC(C)OC(C)C1. The predicted octanol–water partition coefficient (Wildman–Crippen LogP) is 8.10. The fourth-order valence-electron chi connectivity index (χ4n) is 6.53. The molecular formula is C35H50ClFN4O4S. The van der Waals surface area contributed by atoms with Crippen LogP contribution in [-0.4, -0.2) is 75.4 Å². The molecule has 1 aromatic carbocycles. The van der Waals surface area contributed by atoms with E-state index in [4.69, 9.17) is 21.1 Å². The zero-order valence-electron chi connectivity index (χ0n) is 28.1. The van der Waals surface area contributed by atoms with Crippen molar-refractivity contribution >= 4 is 41.2 Å². The minimum Gasteiger partial charge on any atom is -0.444 e. The minimum absolute atomic E-state index is 0.000667. The number of nitrogens with one attached hydrogen (secondary N) is 1. The van der Waals surface area contributed by atoms with Crippen LogP contribution in [-0.2, 0) is 20.7 Å². The lowest BCUT2D eigenvalue weighted by Gasteiger charge is -2.41. The lowest BCUT2D eigenvalue weighted by Crippen LogP contribution is -2.53. The number of piperazine rings is 1. The van der Waals surface area contributed by atoms with Crippen molar-refractivity contribution in [3.8, 4) is 0 Å². The summed E-state index contributed by atoms with van der Waals surface area (Å²) in [6.45, 7) is 13.6. The highest BCUT2D eigenvalue weighted by Gasteiger charge is 2.34. The Morgan fingerprint density at radius 2 is 1.85 bits per heavy atom. The van der Waals surface area contributed by atoms with E-state index in [0.29, 0.717) is 48.7 Å². The highest BCUT2D eigenvalue weighted by atomic mass is 35.5. The number of carbonyl (C=O) groups is 2. The summed E-state index contributed by atoms with van der Waals surface area (Å²) in [5, 5.41) is 3.66. The summed E-state index contributed by atoms with van der Waals surface area (Å²) in [6.07, 6.45) is 6.58. The second-order valence-corrected chi connectivity index (χ2v) is 15.2. The molecule has 2 aliphatic heterocycles. The van der Waals surface area contributed by atoms with Gasteiger partial charge in [-0.3, -0.25) is 9.78 Å². The molecule has 1 N–H and O–H groups in total. The standard InChI is InChI=1S/C35H50ClFN4O4S/c1-7-16-46-41-15-14-40(34(43)45-35(4,5)6)22-28(41)12-13-29-31(37)20-38-21-32(29)39-33(42)19-30(25-8-10-27(36)11-9-25)26-17-23(2)44-24(3)18-26/h8-11,20-21,23-24,26,28,30H,7,12-19,22H2,1-6H3,(H,39,42). The summed E-state index contributed by atoms with van der Waals surface area (Å²) >= 11 is 7.96. The quantitative estimate of drug-likeness (QED) is 0.241. The Balaban J connectivity index is 1.48. The first-order chi connectivity index (χ1) is 21.8. The number of rotatable bonds is 11. The monoisotopic (exact) mass is 676 g/mol. The fourth-order valence-corrected chi connectivity index (χ4v) is 7.67. The average molecular weight is 677 g/mol. The third-order valence-electron chi connectivity index (χ3n) is 8.55. The van der Waals surface area contributed by atoms with Crippen LogP contribution in [0, 0.1) is 11.7 Å². The molecule has 0 spiro atoms. The van der Waals surface area contributed by atoms with Gasteiger partial charge in [-0.2, -0.15) is 0 Å². The Morgan fingerprint density at radius 1 is 1.15 bits per heavy atom. The van der Waals surface area contributed by atoms with Crippen molar-refractivity contribution in [2.45, 2.75) is 110 Å². The van der Waals surface area contributed by atoms with Gasteiger partial charge in [0.2, 0.25) is 5.91 Å². The molecule has 0 aliphatic carbocycles. The van der Waals surface area contributed by atoms with Gasteiger partial charge in [-0.1, -0.05) is 42.6 Å². The Bertz CT molecular complexity index is 1300. The largest absolute Gasteiger partial charge is 0.444 e. The number of hydrogen-bond donors (Lipinski definition) is 1. The molecule has 3 heterocycles. The molecule has 4 unspecified atom stereocenters. The zero-order chi connectivity index (χ0) is 33.4. The Labute approximate surface area is 283 Å². The molecule has 8 nitrogen and oxygen atoms in total. The molecule has 46 heavy (non-hydrogen) atoms. The number of hydrogen-bond acceptors (Lipinski definition) is 7. The van der Waals surface area contributed by atoms with Crippen molar-refractivity contribution in [2.24, 2.45) is 5.92 Å². The molecule has 0 radical (unpaired) electrons. The van der Waals surface area contributed by atoms with Gasteiger partial charge in [0.05, 0.1) is 30.3 Å². The Morgan fingerprint density at radius 3 is 2.50 bits per heavy atom. The molecule has 1 aromatic heterocycles. The lowest BCUT2D eigenvalue weighted by molar-refractivity contribution is -0.117. The van der Waals surface area contributed by atoms with Crippen molar-refractivity contribution in [1.82, 2.24) is 14.2 Å². The minimum atomic E-state index is -0.582. The van der Waals surface area contributed by atoms with E-state index in [1.54, 1.807) is 16.8 Å². The highest BCUT2D eigenvalue weighted by Crippen LogP contribution is 2.39. The second kappa shape index (κ2) is 16.6. The molecule has 2 amide bonds. The molecule has 2 aliphatic rings. The summed E-state index contributed by atoms with van der Waals surface area (Å²) in [7, 11) is 0. The molecule has 11 heteroatoms. The van der Waals surface area contributed by atoms with Crippen LogP contribution < -0.4 is 5.32 Å². The number of nitrogens with zero attached hydrogens (tertiary/aromatic N) is 3. The predicted molar refractivity (Wildman–Crippen MR) is 184 cm³/mol. The van der Waals surface area contributed by atoms with Crippen LogP contribution in [0.3, 0.4) is 0 Å². The maximum absolute atomic E-state index is 15.3. The van der Waals surface area contributed by atoms with Crippen LogP contribution in [0.4, 0.5) is 14.9 Å². The van der Waals surface area contributed by atoms with Crippen molar-refractivity contribution in [2.75, 3.05) is 30.7 Å². The summed E-state index contributed by atoms with van der Waals surface area (Å²) in [5.41, 5.74) is 1.29. The summed E-state index contributed by atoms with van der Waals surface area (Å²) in [5.74, 6) is 0.539. The van der Waals surface area contributed by atoms with E-state index in [1.165, 1.54) is 12.4 Å². The maximum Gasteiger partial charge on any atom is 0.410 e. The number of carbonyl (C=O) groups excluding carboxylic acids is 2. The first-order valence-corrected chi connectivity index (χ1v) is 17.9. The second-order valence-electron chi connectivity index (χ2n) is 13.6. The van der Waals surface area contributed by atoms with Gasteiger partial charge in [-0.05, 0) is 96.3 Å². The number of pyridine rings is 1. The van der Waals surface area contributed by atoms with Crippen LogP contribution in [0.15, 0.2) is 36.7 Å². The summed E-state index contributed by atoms with van der Waals surface area (Å²) in [6, 6.07) is 7.71. The molecule has 2 saturated heterocycles. The average Bonchev–Trinajstić information content (AvgIpc) is 2.98. The highest BCUT2D eigenvalue weighted by molar-refractivity contribution is 7.97. The third-order valence-corrected chi connectivity index (χ3v) is 10.2. The van der Waals surface area contributed by atoms with Gasteiger partial charge in [0, 0.05) is 48.4 Å². The number of aromatic nitrogens is 1. The molecular weight excluding hydrogens is 627 g/mol. The van der Waals surface area contributed by atoms with Crippen molar-refractivity contribution in [3.63, 3.8) is 0 Å². The smallest absolute Gasteiger partial charge is 0.410 e. The van der Waals surface area contributed by atoms with E-state index < -0.39 is 11.4 Å². The van der Waals surface area contributed by atoms with Crippen LogP contribution >= 0.6 is 23.5 Å². The van der Waals surface area contributed by atoms with Crippen molar-refractivity contribution in [1.29, 1.82) is 0 Å². The van der Waals surface area contributed by atoms with Gasteiger partial charge < -0.3 is 19.7 Å². The van der Waals surface area contributed by atoms with E-state index in [9.17, 15) is 9.59 Å². The molecule has 4 rings (SSSR count). The van der Waals surface area contributed by atoms with Crippen molar-refractivity contribution < 1.29 is 23.5 Å². The van der Waals surface area contributed by atoms with Crippen LogP contribution in [0.2, 0.25) is 5.02 Å². The number of benzene rings is 1. The topological polar surface area (TPSA) is 84.0 Å². The molecule has 0 bridgehead atoms. The fraction of sp³-hybridized carbons (Fsp3) is 0.629. The van der Waals surface area contributed by atoms with Gasteiger partial charge in [-0.25, -0.2) is 13.5 Å². The van der Waals surface area contributed by atoms with Gasteiger partial charge in [0.25, 0.3) is 0 Å². The molecule has 2 fully saturated rings. The van der Waals surface area contributed by atoms with E-state index >= 15 is 4.39 Å². The third kappa shape index (κ3) is 10.6. The molecule has 254 valence electrons. The summed E-state index contributed by atoms with van der Waals surface area (Å²) < 4.78 is 29.3. The van der Waals surface area contributed by atoms with Gasteiger partial charge in [-0.15, -0.1) is 0 Å². The number of anilines is 1. The Hall–Kier alpha value is -2.40. The lowest BCUT2D eigenvalue weighted by atomic mass is 9.76. The first kappa shape index (κ1) is 36.4. The van der Waals surface area contributed by atoms with Gasteiger partial charge >= 0.3 is 6.09 Å². The van der Waals surface area contributed by atoms with Crippen LogP contribution in [0.5, 0.6) is 0 Å². The zero-order valence-corrected chi connectivity index (χ0v) is 29.6. The number of ether oxygens (including phenoxy) is 2. The van der Waals surface area contributed by atoms with Gasteiger partial charge in [0.1, 0.15) is 11.4 Å². The normalized spacial score (nSPS) is 23.2. The number of amides is 2. The Kier molecular flexibility index (Phi) is 13.2. The molecule has 4 atom stereocenters. The van der Waals surface area contributed by atoms with E-state index in [1.807, 2.05) is 45.0 Å². The molecule has 0 saturated carbocycles.